The van der Waals surface area contributed by atoms with Crippen molar-refractivity contribution >= 4 is 11.3 Å². The lowest BCUT2D eigenvalue weighted by molar-refractivity contribution is -0.00833. The summed E-state index contributed by atoms with van der Waals surface area (Å²) in [5.41, 5.74) is 0.494. The Morgan fingerprint density at radius 1 is 1.40 bits per heavy atom. The third kappa shape index (κ3) is 2.79. The van der Waals surface area contributed by atoms with Crippen LogP contribution in [0.2, 0.25) is 0 Å². The number of thiazole rings is 1. The summed E-state index contributed by atoms with van der Waals surface area (Å²) in [7, 11) is 0. The second-order valence-corrected chi connectivity index (χ2v) is 5.83. The molecular formula is C12H21NOS. The lowest BCUT2D eigenvalue weighted by Crippen LogP contribution is -2.36. The first-order valence-corrected chi connectivity index (χ1v) is 6.36. The molecule has 0 aliphatic heterocycles. The molecule has 0 amide bonds. The summed E-state index contributed by atoms with van der Waals surface area (Å²) in [4.78, 5) is 5.74. The maximum absolute atomic E-state index is 10.4. The Hall–Kier alpha value is -0.410. The van der Waals surface area contributed by atoms with E-state index in [2.05, 4.69) is 25.8 Å². The quantitative estimate of drug-likeness (QED) is 0.857. The van der Waals surface area contributed by atoms with Crippen LogP contribution in [0.3, 0.4) is 0 Å². The fourth-order valence-electron chi connectivity index (χ4n) is 1.61. The van der Waals surface area contributed by atoms with E-state index in [1.54, 1.807) is 11.3 Å². The van der Waals surface area contributed by atoms with Gasteiger partial charge in [0.25, 0.3) is 0 Å². The summed E-state index contributed by atoms with van der Waals surface area (Å²) < 4.78 is 0. The van der Waals surface area contributed by atoms with Gasteiger partial charge >= 0.3 is 0 Å². The number of aliphatic hydroxyl groups is 1. The molecule has 86 valence electrons. The number of hydrogen-bond acceptors (Lipinski definition) is 3. The van der Waals surface area contributed by atoms with Gasteiger partial charge in [-0.05, 0) is 26.2 Å². The Balaban J connectivity index is 2.84. The highest BCUT2D eigenvalue weighted by Crippen LogP contribution is 2.28. The van der Waals surface area contributed by atoms with Crippen LogP contribution >= 0.6 is 11.3 Å². The van der Waals surface area contributed by atoms with Crippen LogP contribution in [-0.2, 0) is 6.42 Å². The molecule has 1 rings (SSSR count). The highest BCUT2D eigenvalue weighted by molar-refractivity contribution is 7.11. The van der Waals surface area contributed by atoms with Crippen LogP contribution in [0.1, 0.15) is 42.8 Å². The van der Waals surface area contributed by atoms with Gasteiger partial charge in [0, 0.05) is 11.3 Å². The monoisotopic (exact) mass is 227 g/mol. The summed E-state index contributed by atoms with van der Waals surface area (Å²) >= 11 is 1.70. The smallest absolute Gasteiger partial charge is 0.0959 e. The molecule has 1 aromatic heterocycles. The molecule has 0 fully saturated rings. The molecule has 0 radical (unpaired) electrons. The molecule has 2 nitrogen and oxygen atoms in total. The third-order valence-corrected chi connectivity index (χ3v) is 4.29. The molecular weight excluding hydrogens is 206 g/mol. The van der Waals surface area contributed by atoms with E-state index in [4.69, 9.17) is 0 Å². The van der Waals surface area contributed by atoms with Crippen LogP contribution in [0.5, 0.6) is 0 Å². The van der Waals surface area contributed by atoms with Crippen molar-refractivity contribution in [1.29, 1.82) is 0 Å². The maximum Gasteiger partial charge on any atom is 0.0959 e. The molecule has 0 spiro atoms. The number of rotatable bonds is 4. The first kappa shape index (κ1) is 12.7. The van der Waals surface area contributed by atoms with Gasteiger partial charge in [-0.2, -0.15) is 0 Å². The average Bonchev–Trinajstić information content (AvgIpc) is 2.45. The highest BCUT2D eigenvalue weighted by atomic mass is 32.1. The molecule has 0 bridgehead atoms. The van der Waals surface area contributed by atoms with Gasteiger partial charge in [0.1, 0.15) is 0 Å². The van der Waals surface area contributed by atoms with Crippen molar-refractivity contribution < 1.29 is 5.11 Å². The molecule has 0 saturated carbocycles. The fourth-order valence-corrected chi connectivity index (χ4v) is 2.67. The van der Waals surface area contributed by atoms with E-state index in [1.807, 2.05) is 13.8 Å². The van der Waals surface area contributed by atoms with Gasteiger partial charge in [-0.25, -0.2) is 4.98 Å². The number of aromatic nitrogens is 1. The second kappa shape index (κ2) is 4.62. The zero-order valence-corrected chi connectivity index (χ0v) is 11.1. The van der Waals surface area contributed by atoms with E-state index in [9.17, 15) is 5.11 Å². The molecule has 0 aliphatic carbocycles. The number of hydrogen-bond donors (Lipinski definition) is 1. The van der Waals surface area contributed by atoms with Crippen molar-refractivity contribution in [1.82, 2.24) is 4.98 Å². The van der Waals surface area contributed by atoms with Gasteiger partial charge < -0.3 is 5.11 Å². The van der Waals surface area contributed by atoms with E-state index in [1.165, 1.54) is 4.88 Å². The number of aryl methyl sites for hydroxylation is 2. The maximum atomic E-state index is 10.4. The summed E-state index contributed by atoms with van der Waals surface area (Å²) in [5.74, 6) is 0.270. The Labute approximate surface area is 96.4 Å². The zero-order valence-electron chi connectivity index (χ0n) is 10.3. The van der Waals surface area contributed by atoms with Crippen molar-refractivity contribution in [3.63, 3.8) is 0 Å². The van der Waals surface area contributed by atoms with Crippen LogP contribution in [0, 0.1) is 19.8 Å². The summed E-state index contributed by atoms with van der Waals surface area (Å²) in [5, 5.41) is 11.5. The largest absolute Gasteiger partial charge is 0.389 e. The van der Waals surface area contributed by atoms with Crippen molar-refractivity contribution in [3.8, 4) is 0 Å². The predicted octanol–water partition coefficient (Wildman–Crippen LogP) is 3.10. The number of nitrogens with zero attached hydrogens (tertiary/aromatic N) is 1. The van der Waals surface area contributed by atoms with Crippen LogP contribution < -0.4 is 0 Å². The van der Waals surface area contributed by atoms with Crippen molar-refractivity contribution in [2.24, 2.45) is 5.92 Å². The van der Waals surface area contributed by atoms with Gasteiger partial charge in [-0.15, -0.1) is 11.3 Å². The molecule has 1 aromatic rings. The Morgan fingerprint density at radius 3 is 2.33 bits per heavy atom. The van der Waals surface area contributed by atoms with E-state index >= 15 is 0 Å². The molecule has 0 saturated heterocycles. The highest BCUT2D eigenvalue weighted by Gasteiger charge is 2.30. The summed E-state index contributed by atoms with van der Waals surface area (Å²) in [6, 6.07) is 0. The third-order valence-electron chi connectivity index (χ3n) is 3.22. The normalized spacial score (nSPS) is 15.7. The fraction of sp³-hybridized carbons (Fsp3) is 0.750. The predicted molar refractivity (Wildman–Crippen MR) is 65.4 cm³/mol. The van der Waals surface area contributed by atoms with E-state index < -0.39 is 5.60 Å². The van der Waals surface area contributed by atoms with E-state index in [0.29, 0.717) is 6.42 Å². The van der Waals surface area contributed by atoms with E-state index in [-0.39, 0.29) is 5.92 Å². The Morgan fingerprint density at radius 2 is 2.00 bits per heavy atom. The van der Waals surface area contributed by atoms with Crippen molar-refractivity contribution in [2.75, 3.05) is 0 Å². The van der Waals surface area contributed by atoms with Gasteiger partial charge in [-0.1, -0.05) is 20.8 Å². The lowest BCUT2D eigenvalue weighted by Gasteiger charge is -2.30. The SMILES string of the molecule is CCC(O)(Cc1nc(C)c(C)s1)C(C)C. The molecule has 1 atom stereocenters. The molecule has 1 unspecified atom stereocenters. The zero-order chi connectivity index (χ0) is 11.6. The minimum atomic E-state index is -0.600. The van der Waals surface area contributed by atoms with E-state index in [0.717, 1.165) is 17.1 Å². The summed E-state index contributed by atoms with van der Waals surface area (Å²) in [6.07, 6.45) is 1.46. The van der Waals surface area contributed by atoms with Gasteiger partial charge in [0.2, 0.25) is 0 Å². The van der Waals surface area contributed by atoms with Crippen molar-refractivity contribution in [3.05, 3.63) is 15.6 Å². The molecule has 0 aliphatic rings. The van der Waals surface area contributed by atoms with Gasteiger partial charge in [0.05, 0.1) is 16.3 Å². The molecule has 3 heteroatoms. The first-order chi connectivity index (χ1) is 6.89. The minimum absolute atomic E-state index is 0.270. The topological polar surface area (TPSA) is 33.1 Å². The minimum Gasteiger partial charge on any atom is -0.389 e. The summed E-state index contributed by atoms with van der Waals surface area (Å²) in [6.45, 7) is 10.3. The van der Waals surface area contributed by atoms with Gasteiger partial charge in [0.15, 0.2) is 0 Å². The Kier molecular flexibility index (Phi) is 3.90. The van der Waals surface area contributed by atoms with Gasteiger partial charge in [-0.3, -0.25) is 0 Å². The lowest BCUT2D eigenvalue weighted by atomic mass is 9.85. The van der Waals surface area contributed by atoms with Crippen LogP contribution in [-0.4, -0.2) is 15.7 Å². The molecule has 0 aromatic carbocycles. The van der Waals surface area contributed by atoms with Crippen LogP contribution in [0.4, 0.5) is 0 Å². The molecule has 15 heavy (non-hydrogen) atoms. The molecule has 1 N–H and O–H groups in total. The molecule has 1 heterocycles. The van der Waals surface area contributed by atoms with Crippen LogP contribution in [0.25, 0.3) is 0 Å². The standard InChI is InChI=1S/C12H21NOS/c1-6-12(14,8(2)3)7-11-13-9(4)10(5)15-11/h8,14H,6-7H2,1-5H3. The average molecular weight is 227 g/mol. The second-order valence-electron chi connectivity index (χ2n) is 4.54. The van der Waals surface area contributed by atoms with Crippen molar-refractivity contribution in [2.45, 2.75) is 53.1 Å². The first-order valence-electron chi connectivity index (χ1n) is 5.54. The van der Waals surface area contributed by atoms with Crippen LogP contribution in [0.15, 0.2) is 0 Å². The Bertz CT molecular complexity index is 313.